The first-order valence-corrected chi connectivity index (χ1v) is 7.05. The number of benzene rings is 1. The monoisotopic (exact) mass is 297 g/mol. The van der Waals surface area contributed by atoms with E-state index in [0.717, 1.165) is 17.7 Å². The molecule has 0 aliphatic heterocycles. The number of aryl methyl sites for hydroxylation is 1. The minimum Gasteiger partial charge on any atom is -0.427 e. The van der Waals surface area contributed by atoms with Crippen molar-refractivity contribution in [3.05, 3.63) is 53.8 Å². The molecule has 0 radical (unpaired) electrons. The molecule has 1 heterocycles. The van der Waals surface area contributed by atoms with Gasteiger partial charge in [0.25, 0.3) is 0 Å². The molecule has 1 aromatic heterocycles. The van der Waals surface area contributed by atoms with Crippen molar-refractivity contribution in [2.45, 2.75) is 26.2 Å². The van der Waals surface area contributed by atoms with Gasteiger partial charge in [-0.15, -0.1) is 0 Å². The summed E-state index contributed by atoms with van der Waals surface area (Å²) in [6, 6.07) is 5.31. The Balaban J connectivity index is 1.80. The Morgan fingerprint density at radius 2 is 2.18 bits per heavy atom. The Morgan fingerprint density at radius 1 is 1.32 bits per heavy atom. The summed E-state index contributed by atoms with van der Waals surface area (Å²) in [6.07, 6.45) is 6.32. The van der Waals surface area contributed by atoms with Crippen molar-refractivity contribution in [1.29, 1.82) is 0 Å². The molecule has 0 spiro atoms. The molecule has 22 heavy (non-hydrogen) atoms. The Morgan fingerprint density at radius 3 is 2.86 bits per heavy atom. The van der Waals surface area contributed by atoms with Crippen molar-refractivity contribution in [1.82, 2.24) is 14.8 Å². The Labute approximate surface area is 127 Å². The number of esters is 1. The highest BCUT2D eigenvalue weighted by Crippen LogP contribution is 2.20. The van der Waals surface area contributed by atoms with Crippen LogP contribution in [-0.4, -0.2) is 26.5 Å². The maximum atomic E-state index is 12.2. The fraction of sp³-hybridized carbons (Fsp3) is 0.250. The molecule has 0 fully saturated rings. The van der Waals surface area contributed by atoms with Gasteiger partial charge in [-0.3, -0.25) is 4.79 Å². The first-order valence-electron chi connectivity index (χ1n) is 7.05. The summed E-state index contributed by atoms with van der Waals surface area (Å²) in [4.78, 5) is 27.5. The highest BCUT2D eigenvalue weighted by molar-refractivity contribution is 5.94. The number of aromatic nitrogens is 3. The third-order valence-corrected chi connectivity index (χ3v) is 3.51. The molecule has 0 bridgehead atoms. The van der Waals surface area contributed by atoms with E-state index in [2.05, 4.69) is 10.1 Å². The lowest BCUT2D eigenvalue weighted by Gasteiger charge is -2.13. The van der Waals surface area contributed by atoms with Crippen LogP contribution in [0.3, 0.4) is 0 Å². The van der Waals surface area contributed by atoms with Crippen LogP contribution < -0.4 is 0 Å². The minimum absolute atomic E-state index is 0.00676. The first kappa shape index (κ1) is 14.2. The summed E-state index contributed by atoms with van der Waals surface area (Å²) >= 11 is 0. The van der Waals surface area contributed by atoms with Crippen LogP contribution in [0.4, 0.5) is 0 Å². The van der Waals surface area contributed by atoms with E-state index in [1.165, 1.54) is 12.4 Å². The first-order chi connectivity index (χ1) is 10.6. The van der Waals surface area contributed by atoms with Crippen LogP contribution in [0.25, 0.3) is 5.69 Å². The van der Waals surface area contributed by atoms with E-state index in [9.17, 15) is 9.59 Å². The molecule has 0 N–H and O–H groups in total. The minimum atomic E-state index is -0.441. The molecule has 112 valence electrons. The predicted molar refractivity (Wildman–Crippen MR) is 78.5 cm³/mol. The van der Waals surface area contributed by atoms with Crippen LogP contribution in [0, 0.1) is 6.92 Å². The van der Waals surface area contributed by atoms with E-state index in [-0.39, 0.29) is 5.78 Å². The molecule has 6 nitrogen and oxygen atoms in total. The average Bonchev–Trinajstić information content (AvgIpc) is 3.01. The highest BCUT2D eigenvalue weighted by atomic mass is 16.5. The number of carbonyl (C=O) groups is 2. The number of ether oxygens (including phenoxy) is 1. The fourth-order valence-electron chi connectivity index (χ4n) is 2.38. The molecule has 0 atom stereocenters. The van der Waals surface area contributed by atoms with Gasteiger partial charge in [0, 0.05) is 18.9 Å². The van der Waals surface area contributed by atoms with Gasteiger partial charge in [0.1, 0.15) is 18.4 Å². The fourth-order valence-corrected chi connectivity index (χ4v) is 2.38. The van der Waals surface area contributed by atoms with Crippen LogP contribution >= 0.6 is 0 Å². The second-order valence-corrected chi connectivity index (χ2v) is 5.16. The largest absolute Gasteiger partial charge is 0.427 e. The predicted octanol–water partition coefficient (Wildman–Crippen LogP) is 2.37. The van der Waals surface area contributed by atoms with Crippen molar-refractivity contribution in [3.63, 3.8) is 0 Å². The van der Waals surface area contributed by atoms with Crippen LogP contribution in [0.1, 0.15) is 35.2 Å². The molecule has 1 aliphatic rings. The van der Waals surface area contributed by atoms with Crippen molar-refractivity contribution in [3.8, 4) is 5.69 Å². The van der Waals surface area contributed by atoms with E-state index < -0.39 is 5.97 Å². The second kappa shape index (κ2) is 5.93. The maximum Gasteiger partial charge on any atom is 0.343 e. The molecule has 1 aromatic carbocycles. The normalized spacial score (nSPS) is 14.6. The van der Waals surface area contributed by atoms with Gasteiger partial charge in [0.05, 0.1) is 11.3 Å². The maximum absolute atomic E-state index is 12.2. The smallest absolute Gasteiger partial charge is 0.343 e. The third-order valence-electron chi connectivity index (χ3n) is 3.51. The Bertz CT molecular complexity index is 748. The number of ketones is 1. The van der Waals surface area contributed by atoms with Crippen molar-refractivity contribution in [2.75, 3.05) is 0 Å². The van der Waals surface area contributed by atoms with Gasteiger partial charge in [-0.05, 0) is 37.1 Å². The zero-order valence-corrected chi connectivity index (χ0v) is 12.2. The van der Waals surface area contributed by atoms with Crippen molar-refractivity contribution in [2.24, 2.45) is 0 Å². The summed E-state index contributed by atoms with van der Waals surface area (Å²) in [5, 5.41) is 4.05. The molecular weight excluding hydrogens is 282 g/mol. The van der Waals surface area contributed by atoms with E-state index in [4.69, 9.17) is 4.74 Å². The van der Waals surface area contributed by atoms with Crippen LogP contribution in [-0.2, 0) is 9.53 Å². The zero-order chi connectivity index (χ0) is 15.5. The third kappa shape index (κ3) is 2.95. The summed E-state index contributed by atoms with van der Waals surface area (Å²) < 4.78 is 6.94. The molecule has 2 aromatic rings. The van der Waals surface area contributed by atoms with Gasteiger partial charge in [0.15, 0.2) is 5.78 Å². The second-order valence-electron chi connectivity index (χ2n) is 5.16. The van der Waals surface area contributed by atoms with Crippen LogP contribution in [0.2, 0.25) is 0 Å². The molecular formula is C16H15N3O3. The molecule has 0 saturated carbocycles. The van der Waals surface area contributed by atoms with E-state index in [0.29, 0.717) is 24.2 Å². The number of nitrogens with zero attached hydrogens (tertiary/aromatic N) is 3. The van der Waals surface area contributed by atoms with Gasteiger partial charge in [-0.25, -0.2) is 14.5 Å². The number of rotatable bonds is 3. The Kier molecular flexibility index (Phi) is 3.82. The average molecular weight is 297 g/mol. The molecule has 0 unspecified atom stereocenters. The van der Waals surface area contributed by atoms with Gasteiger partial charge in [-0.1, -0.05) is 0 Å². The summed E-state index contributed by atoms with van der Waals surface area (Å²) in [7, 11) is 0. The number of hydrogen-bond donors (Lipinski definition) is 0. The zero-order valence-electron chi connectivity index (χ0n) is 12.2. The van der Waals surface area contributed by atoms with E-state index in [1.54, 1.807) is 23.1 Å². The van der Waals surface area contributed by atoms with Crippen LogP contribution in [0.15, 0.2) is 42.7 Å². The quantitative estimate of drug-likeness (QED) is 0.813. The lowest BCUT2D eigenvalue weighted by atomic mass is 10.0. The van der Waals surface area contributed by atoms with Gasteiger partial charge in [0.2, 0.25) is 0 Å². The summed E-state index contributed by atoms with van der Waals surface area (Å²) in [5.74, 6) is 0.0110. The molecule has 6 heteroatoms. The number of allylic oxidation sites excluding steroid dienone is 2. The molecule has 1 aliphatic carbocycles. The molecule has 3 rings (SSSR count). The lowest BCUT2D eigenvalue weighted by Crippen LogP contribution is -2.11. The van der Waals surface area contributed by atoms with Gasteiger partial charge in [-0.2, -0.15) is 5.10 Å². The van der Waals surface area contributed by atoms with E-state index in [1.807, 2.05) is 13.0 Å². The van der Waals surface area contributed by atoms with Crippen LogP contribution in [0.5, 0.6) is 0 Å². The van der Waals surface area contributed by atoms with Crippen molar-refractivity contribution >= 4 is 11.8 Å². The van der Waals surface area contributed by atoms with Gasteiger partial charge < -0.3 is 4.74 Å². The van der Waals surface area contributed by atoms with E-state index >= 15 is 0 Å². The standard InChI is InChI=1S/C16H15N3O3/c1-11-7-12(19-10-17-9-18-19)5-6-15(11)16(21)22-14-4-2-3-13(20)8-14/h5-10H,2-4H2,1H3. The summed E-state index contributed by atoms with van der Waals surface area (Å²) in [6.45, 7) is 1.83. The number of hydrogen-bond acceptors (Lipinski definition) is 5. The van der Waals surface area contributed by atoms with Gasteiger partial charge >= 0.3 is 5.97 Å². The number of carbonyl (C=O) groups excluding carboxylic acids is 2. The van der Waals surface area contributed by atoms with Crippen molar-refractivity contribution < 1.29 is 14.3 Å². The topological polar surface area (TPSA) is 74.1 Å². The lowest BCUT2D eigenvalue weighted by molar-refractivity contribution is -0.115. The molecule has 0 amide bonds. The summed E-state index contributed by atoms with van der Waals surface area (Å²) in [5.41, 5.74) is 2.07. The SMILES string of the molecule is Cc1cc(-n2cncn2)ccc1C(=O)OC1=CC(=O)CCC1. The highest BCUT2D eigenvalue weighted by Gasteiger charge is 2.17. The molecule has 0 saturated heterocycles. The Hall–Kier alpha value is -2.76.